The van der Waals surface area contributed by atoms with Gasteiger partial charge >= 0.3 is 0 Å². The van der Waals surface area contributed by atoms with E-state index >= 15 is 0 Å². The monoisotopic (exact) mass is 330 g/mol. The molecule has 0 radical (unpaired) electrons. The number of nitrogens with zero attached hydrogens (tertiary/aromatic N) is 3. The molecule has 0 atom stereocenters. The van der Waals surface area contributed by atoms with E-state index in [1.54, 1.807) is 12.1 Å². The van der Waals surface area contributed by atoms with Crippen LogP contribution in [0.15, 0.2) is 29.2 Å². The van der Waals surface area contributed by atoms with Crippen molar-refractivity contribution in [3.8, 4) is 11.3 Å². The number of hydrogen-bond acceptors (Lipinski definition) is 5. The first kappa shape index (κ1) is 14.6. The second kappa shape index (κ2) is 5.28. The summed E-state index contributed by atoms with van der Waals surface area (Å²) < 4.78 is 23.2. The minimum atomic E-state index is -3.72. The molecule has 23 heavy (non-hydrogen) atoms. The molecule has 1 aromatic heterocycles. The Balaban J connectivity index is 1.86. The highest BCUT2D eigenvalue weighted by Crippen LogP contribution is 2.33. The number of aryl methyl sites for hydroxylation is 1. The van der Waals surface area contributed by atoms with Crippen LogP contribution in [-0.4, -0.2) is 31.5 Å². The van der Waals surface area contributed by atoms with Crippen LogP contribution in [0.3, 0.4) is 0 Å². The summed E-state index contributed by atoms with van der Waals surface area (Å²) in [7, 11) is -3.72. The van der Waals surface area contributed by atoms with E-state index < -0.39 is 10.0 Å². The van der Waals surface area contributed by atoms with Gasteiger partial charge in [-0.1, -0.05) is 12.1 Å². The molecule has 2 aromatic rings. The molecule has 0 saturated carbocycles. The number of rotatable bonds is 3. The van der Waals surface area contributed by atoms with E-state index in [9.17, 15) is 8.42 Å². The van der Waals surface area contributed by atoms with Crippen molar-refractivity contribution in [3.05, 3.63) is 35.5 Å². The normalized spacial score (nSPS) is 17.0. The van der Waals surface area contributed by atoms with E-state index in [1.165, 1.54) is 6.07 Å². The summed E-state index contributed by atoms with van der Waals surface area (Å²) in [5, 5.41) is 5.26. The first-order valence-electron chi connectivity index (χ1n) is 7.80. The Morgan fingerprint density at radius 2 is 1.91 bits per heavy atom. The summed E-state index contributed by atoms with van der Waals surface area (Å²) >= 11 is 0. The van der Waals surface area contributed by atoms with Gasteiger partial charge in [-0.3, -0.25) is 0 Å². The lowest BCUT2D eigenvalue weighted by Gasteiger charge is -2.31. The first-order chi connectivity index (χ1) is 11.0. The molecule has 1 aromatic carbocycles. The molecule has 1 saturated heterocycles. The van der Waals surface area contributed by atoms with Gasteiger partial charge in [-0.15, -0.1) is 0 Å². The van der Waals surface area contributed by atoms with Crippen molar-refractivity contribution in [2.75, 3.05) is 18.0 Å². The van der Waals surface area contributed by atoms with E-state index in [4.69, 9.17) is 15.1 Å². The third-order valence-corrected chi connectivity index (χ3v) is 5.41. The van der Waals surface area contributed by atoms with Crippen LogP contribution in [0.25, 0.3) is 11.3 Å². The highest BCUT2D eigenvalue weighted by molar-refractivity contribution is 7.89. The molecule has 0 bridgehead atoms. The van der Waals surface area contributed by atoms with Crippen molar-refractivity contribution >= 4 is 16.0 Å². The van der Waals surface area contributed by atoms with E-state index in [1.807, 2.05) is 6.07 Å². The van der Waals surface area contributed by atoms with Crippen LogP contribution in [0, 0.1) is 0 Å². The predicted molar refractivity (Wildman–Crippen MR) is 87.7 cm³/mol. The Bertz CT molecular complexity index is 876. The van der Waals surface area contributed by atoms with Crippen molar-refractivity contribution in [2.24, 2.45) is 5.14 Å². The molecule has 0 spiro atoms. The Hall–Kier alpha value is -1.99. The van der Waals surface area contributed by atoms with Crippen LogP contribution in [-0.2, 0) is 22.9 Å². The smallest absolute Gasteiger partial charge is 0.238 e. The minimum Gasteiger partial charge on any atom is -0.341 e. The maximum atomic E-state index is 11.6. The van der Waals surface area contributed by atoms with Crippen LogP contribution >= 0.6 is 0 Å². The number of anilines is 1. The average molecular weight is 330 g/mol. The van der Waals surface area contributed by atoms with Crippen LogP contribution in [0.2, 0.25) is 0 Å². The summed E-state index contributed by atoms with van der Waals surface area (Å²) in [6, 6.07) is 6.71. The highest BCUT2D eigenvalue weighted by atomic mass is 32.2. The van der Waals surface area contributed by atoms with Crippen molar-refractivity contribution in [2.45, 2.75) is 30.6 Å². The van der Waals surface area contributed by atoms with Gasteiger partial charge in [0.05, 0.1) is 10.6 Å². The number of aromatic nitrogens is 2. The molecule has 7 heteroatoms. The van der Waals surface area contributed by atoms with E-state index in [-0.39, 0.29) is 4.90 Å². The minimum absolute atomic E-state index is 0.117. The van der Waals surface area contributed by atoms with Gasteiger partial charge in [0.1, 0.15) is 0 Å². The quantitative estimate of drug-likeness (QED) is 0.921. The maximum absolute atomic E-state index is 11.6. The van der Waals surface area contributed by atoms with Gasteiger partial charge in [0.25, 0.3) is 0 Å². The molecule has 120 valence electrons. The highest BCUT2D eigenvalue weighted by Gasteiger charge is 2.25. The molecule has 0 amide bonds. The van der Waals surface area contributed by atoms with Gasteiger partial charge in [0, 0.05) is 29.9 Å². The van der Waals surface area contributed by atoms with Crippen molar-refractivity contribution in [1.29, 1.82) is 0 Å². The molecule has 4 rings (SSSR count). The van der Waals surface area contributed by atoms with E-state index in [0.29, 0.717) is 0 Å². The van der Waals surface area contributed by atoms with Gasteiger partial charge in [-0.25, -0.2) is 23.5 Å². The average Bonchev–Trinajstić information content (AvgIpc) is 2.92. The van der Waals surface area contributed by atoms with Crippen LogP contribution < -0.4 is 10.0 Å². The third kappa shape index (κ3) is 2.60. The molecule has 2 heterocycles. The number of primary sulfonamides is 1. The standard InChI is InChI=1S/C16H18N4O2S/c17-23(21,22)12-5-1-4-11(10-12)15-13-6-2-7-14(13)18-16(19-15)20-8-3-9-20/h1,4-5,10H,2-3,6-9H2,(H2,17,21,22). The molecule has 2 aliphatic rings. The molecule has 1 aliphatic heterocycles. The fraction of sp³-hybridized carbons (Fsp3) is 0.375. The van der Waals surface area contributed by atoms with Gasteiger partial charge in [-0.05, 0) is 37.8 Å². The molecular formula is C16H18N4O2S. The summed E-state index contributed by atoms with van der Waals surface area (Å²) in [6.07, 6.45) is 4.12. The summed E-state index contributed by atoms with van der Waals surface area (Å²) in [6.45, 7) is 1.96. The lowest BCUT2D eigenvalue weighted by atomic mass is 10.1. The van der Waals surface area contributed by atoms with Crippen molar-refractivity contribution < 1.29 is 8.42 Å². The predicted octanol–water partition coefficient (Wildman–Crippen LogP) is 1.49. The zero-order valence-electron chi connectivity index (χ0n) is 12.7. The van der Waals surface area contributed by atoms with Crippen molar-refractivity contribution in [1.82, 2.24) is 9.97 Å². The second-order valence-electron chi connectivity index (χ2n) is 6.06. The molecule has 1 fully saturated rings. The zero-order valence-corrected chi connectivity index (χ0v) is 13.5. The van der Waals surface area contributed by atoms with Gasteiger partial charge in [-0.2, -0.15) is 0 Å². The Kier molecular flexibility index (Phi) is 3.35. The topological polar surface area (TPSA) is 89.2 Å². The number of hydrogen-bond donors (Lipinski definition) is 1. The number of sulfonamides is 1. The Morgan fingerprint density at radius 3 is 2.61 bits per heavy atom. The maximum Gasteiger partial charge on any atom is 0.238 e. The molecule has 0 unspecified atom stereocenters. The SMILES string of the molecule is NS(=O)(=O)c1cccc(-c2nc(N3CCC3)nc3c2CCC3)c1. The second-order valence-corrected chi connectivity index (χ2v) is 7.63. The molecule has 2 N–H and O–H groups in total. The van der Waals surface area contributed by atoms with Crippen molar-refractivity contribution in [3.63, 3.8) is 0 Å². The van der Waals surface area contributed by atoms with Crippen LogP contribution in [0.1, 0.15) is 24.1 Å². The van der Waals surface area contributed by atoms with Gasteiger partial charge in [0.2, 0.25) is 16.0 Å². The lowest BCUT2D eigenvalue weighted by molar-refractivity contribution is 0.597. The number of benzene rings is 1. The Labute approximate surface area is 135 Å². The van der Waals surface area contributed by atoms with E-state index in [2.05, 4.69) is 4.90 Å². The third-order valence-electron chi connectivity index (χ3n) is 4.50. The summed E-state index contributed by atoms with van der Waals surface area (Å²) in [4.78, 5) is 11.7. The number of fused-ring (bicyclic) bond motifs is 1. The van der Waals surface area contributed by atoms with Crippen LogP contribution in [0.5, 0.6) is 0 Å². The van der Waals surface area contributed by atoms with Gasteiger partial charge in [0.15, 0.2) is 0 Å². The molecular weight excluding hydrogens is 312 g/mol. The fourth-order valence-electron chi connectivity index (χ4n) is 3.14. The van der Waals surface area contributed by atoms with E-state index in [0.717, 1.165) is 67.2 Å². The largest absolute Gasteiger partial charge is 0.341 e. The number of nitrogens with two attached hydrogens (primary N) is 1. The zero-order chi connectivity index (χ0) is 16.0. The first-order valence-corrected chi connectivity index (χ1v) is 9.35. The summed E-state index contributed by atoms with van der Waals surface area (Å²) in [5.41, 5.74) is 3.87. The van der Waals surface area contributed by atoms with Gasteiger partial charge < -0.3 is 4.90 Å². The lowest BCUT2D eigenvalue weighted by Crippen LogP contribution is -2.38. The fourth-order valence-corrected chi connectivity index (χ4v) is 3.70. The Morgan fingerprint density at radius 1 is 1.09 bits per heavy atom. The summed E-state index contributed by atoms with van der Waals surface area (Å²) in [5.74, 6) is 0.757. The molecule has 1 aliphatic carbocycles. The van der Waals surface area contributed by atoms with Crippen LogP contribution in [0.4, 0.5) is 5.95 Å². The molecule has 6 nitrogen and oxygen atoms in total.